The van der Waals surface area contributed by atoms with Crippen molar-refractivity contribution in [2.24, 2.45) is 0 Å². The Morgan fingerprint density at radius 2 is 1.39 bits per heavy atom. The molecule has 2 aromatic heterocycles. The number of nitrogens with zero attached hydrogens (tertiary/aromatic N) is 3. The molecule has 0 aliphatic rings. The van der Waals surface area contributed by atoms with Crippen LogP contribution in [0.15, 0.2) is 24.3 Å². The first-order chi connectivity index (χ1) is 17.7. The number of fused-ring (bicyclic) bond motifs is 3. The first kappa shape index (κ1) is 28.0. The quantitative estimate of drug-likeness (QED) is 0.181. The fourth-order valence-electron chi connectivity index (χ4n) is 5.40. The number of nitrogens with one attached hydrogen (secondary N) is 1. The van der Waals surface area contributed by atoms with Gasteiger partial charge >= 0.3 is 0 Å². The van der Waals surface area contributed by atoms with Crippen LogP contribution in [-0.2, 0) is 6.42 Å². The minimum absolute atomic E-state index is 0.723. The average molecular weight is 489 g/mol. The maximum Gasteiger partial charge on any atom is 0.157 e. The number of anilines is 1. The number of rotatable bonds is 18. The van der Waals surface area contributed by atoms with Crippen LogP contribution in [0.3, 0.4) is 0 Å². The number of unbranched alkanes of at least 4 members (excludes halogenated alkanes) is 13. The molecule has 4 heteroatoms. The van der Waals surface area contributed by atoms with Crippen LogP contribution in [0.2, 0.25) is 0 Å². The largest absolute Gasteiger partial charge is 0.371 e. The van der Waals surface area contributed by atoms with Crippen molar-refractivity contribution in [2.75, 3.05) is 11.9 Å². The normalized spacial score (nSPS) is 11.4. The van der Waals surface area contributed by atoms with Crippen LogP contribution < -0.4 is 5.32 Å². The van der Waals surface area contributed by atoms with Gasteiger partial charge in [0.15, 0.2) is 5.65 Å². The van der Waals surface area contributed by atoms with E-state index in [9.17, 15) is 5.26 Å². The van der Waals surface area contributed by atoms with E-state index in [1.165, 1.54) is 102 Å². The minimum Gasteiger partial charge on any atom is -0.371 e. The zero-order valence-corrected chi connectivity index (χ0v) is 23.2. The predicted molar refractivity (Wildman–Crippen MR) is 155 cm³/mol. The highest BCUT2D eigenvalue weighted by atomic mass is 15.1. The highest BCUT2D eigenvalue weighted by molar-refractivity contribution is 5.86. The van der Waals surface area contributed by atoms with E-state index in [0.29, 0.717) is 0 Å². The molecule has 0 bridgehead atoms. The van der Waals surface area contributed by atoms with Crippen LogP contribution in [0.25, 0.3) is 16.7 Å². The van der Waals surface area contributed by atoms with Gasteiger partial charge in [-0.25, -0.2) is 4.98 Å². The number of imidazole rings is 1. The standard InChI is InChI=1S/C32H48N4/c1-4-6-8-10-12-13-14-16-20-24-34-31-27(21-17-15-11-9-7-5-2)26(3)28(25-33)32-35-29-22-18-19-23-30(29)36(31)32/h18-19,22-23,34H,4-17,20-21,24H2,1-3H3. The number of para-hydroxylation sites is 2. The summed E-state index contributed by atoms with van der Waals surface area (Å²) in [6, 6.07) is 10.8. The second-order valence-electron chi connectivity index (χ2n) is 10.5. The third-order valence-electron chi connectivity index (χ3n) is 7.59. The molecule has 0 spiro atoms. The van der Waals surface area contributed by atoms with Gasteiger partial charge in [0, 0.05) is 6.54 Å². The van der Waals surface area contributed by atoms with E-state index in [4.69, 9.17) is 4.98 Å². The molecule has 2 heterocycles. The molecule has 0 radical (unpaired) electrons. The average Bonchev–Trinajstić information content (AvgIpc) is 3.27. The summed E-state index contributed by atoms with van der Waals surface area (Å²) in [5.41, 5.74) is 5.95. The molecular weight excluding hydrogens is 440 g/mol. The summed E-state index contributed by atoms with van der Waals surface area (Å²) in [5, 5.41) is 13.9. The Labute approximate surface area is 219 Å². The van der Waals surface area contributed by atoms with Gasteiger partial charge in [0.2, 0.25) is 0 Å². The topological polar surface area (TPSA) is 53.1 Å². The van der Waals surface area contributed by atoms with Gasteiger partial charge in [-0.15, -0.1) is 0 Å². The van der Waals surface area contributed by atoms with Crippen molar-refractivity contribution in [3.63, 3.8) is 0 Å². The maximum absolute atomic E-state index is 10.1. The van der Waals surface area contributed by atoms with Gasteiger partial charge in [-0.05, 0) is 49.4 Å². The van der Waals surface area contributed by atoms with Crippen molar-refractivity contribution >= 4 is 22.5 Å². The van der Waals surface area contributed by atoms with Crippen LogP contribution in [0.5, 0.6) is 0 Å². The number of pyridine rings is 1. The molecule has 0 aliphatic heterocycles. The van der Waals surface area contributed by atoms with Gasteiger partial charge in [0.1, 0.15) is 11.9 Å². The monoisotopic (exact) mass is 488 g/mol. The number of nitriles is 1. The minimum atomic E-state index is 0.723. The number of benzene rings is 1. The first-order valence-corrected chi connectivity index (χ1v) is 14.8. The molecule has 0 unspecified atom stereocenters. The molecule has 0 aliphatic carbocycles. The summed E-state index contributed by atoms with van der Waals surface area (Å²) in [7, 11) is 0. The smallest absolute Gasteiger partial charge is 0.157 e. The van der Waals surface area contributed by atoms with Crippen LogP contribution in [-0.4, -0.2) is 15.9 Å². The Hall–Kier alpha value is -2.54. The number of hydrogen-bond acceptors (Lipinski definition) is 3. The molecule has 3 aromatic rings. The second kappa shape index (κ2) is 15.5. The lowest BCUT2D eigenvalue weighted by Crippen LogP contribution is -2.12. The lowest BCUT2D eigenvalue weighted by atomic mass is 9.98. The molecule has 0 saturated heterocycles. The van der Waals surface area contributed by atoms with Gasteiger partial charge < -0.3 is 5.32 Å². The number of hydrogen-bond donors (Lipinski definition) is 1. The molecule has 0 fully saturated rings. The molecule has 0 amide bonds. The van der Waals surface area contributed by atoms with Crippen molar-refractivity contribution in [3.05, 3.63) is 41.0 Å². The highest BCUT2D eigenvalue weighted by Crippen LogP contribution is 2.32. The van der Waals surface area contributed by atoms with E-state index in [1.807, 2.05) is 6.07 Å². The highest BCUT2D eigenvalue weighted by Gasteiger charge is 2.20. The zero-order valence-electron chi connectivity index (χ0n) is 23.2. The maximum atomic E-state index is 10.1. The van der Waals surface area contributed by atoms with Crippen molar-refractivity contribution in [2.45, 2.75) is 124 Å². The van der Waals surface area contributed by atoms with E-state index in [-0.39, 0.29) is 0 Å². The van der Waals surface area contributed by atoms with E-state index < -0.39 is 0 Å². The van der Waals surface area contributed by atoms with E-state index >= 15 is 0 Å². The molecule has 1 N–H and O–H groups in total. The summed E-state index contributed by atoms with van der Waals surface area (Å²) >= 11 is 0. The van der Waals surface area contributed by atoms with Gasteiger partial charge in [0.05, 0.1) is 16.6 Å². The van der Waals surface area contributed by atoms with Crippen LogP contribution in [0, 0.1) is 18.3 Å². The lowest BCUT2D eigenvalue weighted by Gasteiger charge is -2.19. The van der Waals surface area contributed by atoms with Crippen LogP contribution in [0.4, 0.5) is 5.82 Å². The van der Waals surface area contributed by atoms with Gasteiger partial charge in [0.25, 0.3) is 0 Å². The predicted octanol–water partition coefficient (Wildman–Crippen LogP) is 9.51. The Morgan fingerprint density at radius 3 is 2.03 bits per heavy atom. The SMILES string of the molecule is CCCCCCCCCCCNc1c(CCCCCCCC)c(C)c(C#N)c2nc3ccccc3n12. The molecule has 196 valence electrons. The Balaban J connectivity index is 1.74. The lowest BCUT2D eigenvalue weighted by molar-refractivity contribution is 0.569. The molecule has 0 saturated carbocycles. The Kier molecular flexibility index (Phi) is 12.1. The van der Waals surface area contributed by atoms with Crippen LogP contribution >= 0.6 is 0 Å². The summed E-state index contributed by atoms with van der Waals surface area (Å²) in [4.78, 5) is 4.88. The van der Waals surface area contributed by atoms with Crippen molar-refractivity contribution in [1.82, 2.24) is 9.38 Å². The summed E-state index contributed by atoms with van der Waals surface area (Å²) in [5.74, 6) is 1.16. The molecular formula is C32H48N4. The zero-order chi connectivity index (χ0) is 25.6. The summed E-state index contributed by atoms with van der Waals surface area (Å²) in [6.07, 6.45) is 20.7. The summed E-state index contributed by atoms with van der Waals surface area (Å²) < 4.78 is 2.22. The van der Waals surface area contributed by atoms with E-state index in [1.54, 1.807) is 0 Å². The second-order valence-corrected chi connectivity index (χ2v) is 10.5. The van der Waals surface area contributed by atoms with Crippen LogP contribution in [0.1, 0.15) is 127 Å². The summed E-state index contributed by atoms with van der Waals surface area (Å²) in [6.45, 7) is 7.63. The van der Waals surface area contributed by atoms with Gasteiger partial charge in [-0.1, -0.05) is 109 Å². The fourth-order valence-corrected chi connectivity index (χ4v) is 5.40. The molecule has 3 rings (SSSR count). The van der Waals surface area contributed by atoms with Gasteiger partial charge in [-0.3, -0.25) is 4.40 Å². The fraction of sp³-hybridized carbons (Fsp3) is 0.625. The molecule has 36 heavy (non-hydrogen) atoms. The molecule has 0 atom stereocenters. The third kappa shape index (κ3) is 7.48. The van der Waals surface area contributed by atoms with E-state index in [2.05, 4.69) is 54.8 Å². The first-order valence-electron chi connectivity index (χ1n) is 14.8. The van der Waals surface area contributed by atoms with Crippen molar-refractivity contribution in [3.8, 4) is 6.07 Å². The number of aromatic nitrogens is 2. The third-order valence-corrected chi connectivity index (χ3v) is 7.59. The Bertz CT molecular complexity index is 1100. The Morgan fingerprint density at radius 1 is 0.806 bits per heavy atom. The van der Waals surface area contributed by atoms with Gasteiger partial charge in [-0.2, -0.15) is 5.26 Å². The molecule has 1 aromatic carbocycles. The molecule has 4 nitrogen and oxygen atoms in total. The van der Waals surface area contributed by atoms with Crippen molar-refractivity contribution in [1.29, 1.82) is 5.26 Å². The van der Waals surface area contributed by atoms with E-state index in [0.717, 1.165) is 46.6 Å². The van der Waals surface area contributed by atoms with Crippen molar-refractivity contribution < 1.29 is 0 Å².